The van der Waals surface area contributed by atoms with Crippen molar-refractivity contribution in [3.8, 4) is 0 Å². The molecule has 1 heterocycles. The predicted molar refractivity (Wildman–Crippen MR) is 47.0 cm³/mol. The second-order valence-electron chi connectivity index (χ2n) is 3.98. The third kappa shape index (κ3) is 2.40. The molecule has 2 fully saturated rings. The van der Waals surface area contributed by atoms with Crippen molar-refractivity contribution in [2.75, 3.05) is 13.1 Å². The average Bonchev–Trinajstić information content (AvgIpc) is 2.84. The Labute approximate surface area is 77.1 Å². The van der Waals surface area contributed by atoms with E-state index in [1.165, 1.54) is 12.8 Å². The van der Waals surface area contributed by atoms with E-state index >= 15 is 0 Å². The van der Waals surface area contributed by atoms with Crippen LogP contribution in [0.4, 0.5) is 4.39 Å². The van der Waals surface area contributed by atoms with Gasteiger partial charge in [-0.25, -0.2) is 4.39 Å². The molecule has 0 spiro atoms. The topological polar surface area (TPSA) is 41.1 Å². The minimum Gasteiger partial charge on any atom is -0.354 e. The maximum absolute atomic E-state index is 12.7. The largest absolute Gasteiger partial charge is 0.354 e. The molecule has 1 aliphatic carbocycles. The fourth-order valence-electron chi connectivity index (χ4n) is 1.58. The van der Waals surface area contributed by atoms with E-state index in [1.54, 1.807) is 0 Å². The monoisotopic (exact) mass is 186 g/mol. The fourth-order valence-corrected chi connectivity index (χ4v) is 1.58. The van der Waals surface area contributed by atoms with Gasteiger partial charge < -0.3 is 10.6 Å². The quantitative estimate of drug-likeness (QED) is 0.661. The van der Waals surface area contributed by atoms with Crippen molar-refractivity contribution in [2.24, 2.45) is 5.92 Å². The number of hydrogen-bond donors (Lipinski definition) is 2. The molecule has 1 amide bonds. The number of amides is 1. The Hall–Kier alpha value is -0.640. The summed E-state index contributed by atoms with van der Waals surface area (Å²) in [4.78, 5) is 11.4. The highest BCUT2D eigenvalue weighted by molar-refractivity contribution is 5.82. The van der Waals surface area contributed by atoms with Crippen LogP contribution in [-0.2, 0) is 4.79 Å². The van der Waals surface area contributed by atoms with Gasteiger partial charge in [0.15, 0.2) is 0 Å². The first-order valence-electron chi connectivity index (χ1n) is 4.91. The molecule has 2 atom stereocenters. The van der Waals surface area contributed by atoms with Crippen LogP contribution in [0.25, 0.3) is 0 Å². The number of carbonyl (C=O) groups excluding carboxylic acids is 1. The first kappa shape index (κ1) is 8.94. The molecule has 0 radical (unpaired) electrons. The molecule has 1 saturated carbocycles. The molecule has 0 aromatic rings. The van der Waals surface area contributed by atoms with Gasteiger partial charge in [-0.15, -0.1) is 0 Å². The van der Waals surface area contributed by atoms with Gasteiger partial charge in [-0.1, -0.05) is 0 Å². The minimum absolute atomic E-state index is 0.0351. The van der Waals surface area contributed by atoms with Crippen LogP contribution in [0.1, 0.15) is 19.3 Å². The number of rotatable bonds is 3. The second-order valence-corrected chi connectivity index (χ2v) is 3.98. The van der Waals surface area contributed by atoms with Gasteiger partial charge in [0.1, 0.15) is 6.17 Å². The fraction of sp³-hybridized carbons (Fsp3) is 0.889. The third-order valence-electron chi connectivity index (χ3n) is 2.66. The molecular formula is C9H15FN2O. The van der Waals surface area contributed by atoms with Crippen LogP contribution in [0, 0.1) is 5.92 Å². The van der Waals surface area contributed by atoms with Crippen molar-refractivity contribution in [1.29, 1.82) is 0 Å². The molecule has 0 bridgehead atoms. The van der Waals surface area contributed by atoms with E-state index in [1.807, 2.05) is 0 Å². The molecule has 2 rings (SSSR count). The van der Waals surface area contributed by atoms with Gasteiger partial charge in [-0.2, -0.15) is 0 Å². The van der Waals surface area contributed by atoms with E-state index in [0.717, 1.165) is 6.54 Å². The zero-order valence-corrected chi connectivity index (χ0v) is 7.55. The summed E-state index contributed by atoms with van der Waals surface area (Å²) in [6.45, 7) is 1.09. The molecule has 2 aliphatic rings. The molecule has 0 aromatic carbocycles. The van der Waals surface area contributed by atoms with E-state index in [-0.39, 0.29) is 11.9 Å². The first-order chi connectivity index (χ1) is 6.25. The smallest absolute Gasteiger partial charge is 0.237 e. The molecule has 2 N–H and O–H groups in total. The van der Waals surface area contributed by atoms with Crippen molar-refractivity contribution in [3.63, 3.8) is 0 Å². The molecule has 4 heteroatoms. The number of halogens is 1. The Balaban J connectivity index is 1.69. The van der Waals surface area contributed by atoms with Crippen LogP contribution >= 0.6 is 0 Å². The van der Waals surface area contributed by atoms with Gasteiger partial charge in [-0.05, 0) is 18.8 Å². The van der Waals surface area contributed by atoms with Crippen molar-refractivity contribution >= 4 is 5.91 Å². The summed E-state index contributed by atoms with van der Waals surface area (Å²) >= 11 is 0. The number of nitrogens with one attached hydrogen (secondary N) is 2. The van der Waals surface area contributed by atoms with Gasteiger partial charge in [0.05, 0.1) is 6.04 Å². The Morgan fingerprint density at radius 3 is 2.85 bits per heavy atom. The molecule has 1 aliphatic heterocycles. The zero-order valence-electron chi connectivity index (χ0n) is 7.55. The highest BCUT2D eigenvalue weighted by Crippen LogP contribution is 2.27. The van der Waals surface area contributed by atoms with Gasteiger partial charge in [0.25, 0.3) is 0 Å². The lowest BCUT2D eigenvalue weighted by atomic mass is 10.2. The Morgan fingerprint density at radius 2 is 2.31 bits per heavy atom. The number of hydrogen-bond acceptors (Lipinski definition) is 2. The summed E-state index contributed by atoms with van der Waals surface area (Å²) in [7, 11) is 0. The van der Waals surface area contributed by atoms with Crippen molar-refractivity contribution in [3.05, 3.63) is 0 Å². The van der Waals surface area contributed by atoms with Crippen molar-refractivity contribution in [2.45, 2.75) is 31.5 Å². The summed E-state index contributed by atoms with van der Waals surface area (Å²) in [5.74, 6) is 0.651. The van der Waals surface area contributed by atoms with Crippen LogP contribution < -0.4 is 10.6 Å². The van der Waals surface area contributed by atoms with Crippen LogP contribution in [0.3, 0.4) is 0 Å². The SMILES string of the molecule is O=C(NCC1CC1)[C@@H]1C[C@@H](F)CN1. The second kappa shape index (κ2) is 3.62. The van der Waals surface area contributed by atoms with Crippen LogP contribution in [0.5, 0.6) is 0 Å². The molecule has 1 saturated heterocycles. The lowest BCUT2D eigenvalue weighted by Gasteiger charge is -2.09. The lowest BCUT2D eigenvalue weighted by molar-refractivity contribution is -0.122. The molecule has 3 nitrogen and oxygen atoms in total. The van der Waals surface area contributed by atoms with Gasteiger partial charge in [0, 0.05) is 19.5 Å². The first-order valence-corrected chi connectivity index (χ1v) is 4.91. The van der Waals surface area contributed by atoms with Crippen LogP contribution in [0.15, 0.2) is 0 Å². The normalized spacial score (nSPS) is 33.3. The van der Waals surface area contributed by atoms with E-state index in [0.29, 0.717) is 18.9 Å². The Kier molecular flexibility index (Phi) is 2.49. The van der Waals surface area contributed by atoms with Crippen molar-refractivity contribution in [1.82, 2.24) is 10.6 Å². The van der Waals surface area contributed by atoms with E-state index in [2.05, 4.69) is 10.6 Å². The van der Waals surface area contributed by atoms with Crippen molar-refractivity contribution < 1.29 is 9.18 Å². The van der Waals surface area contributed by atoms with E-state index in [4.69, 9.17) is 0 Å². The number of alkyl halides is 1. The third-order valence-corrected chi connectivity index (χ3v) is 2.66. The molecular weight excluding hydrogens is 171 g/mol. The molecule has 0 unspecified atom stereocenters. The highest BCUT2D eigenvalue weighted by atomic mass is 19.1. The van der Waals surface area contributed by atoms with E-state index in [9.17, 15) is 9.18 Å². The van der Waals surface area contributed by atoms with Crippen LogP contribution in [0.2, 0.25) is 0 Å². The molecule has 0 aromatic heterocycles. The average molecular weight is 186 g/mol. The summed E-state index contributed by atoms with van der Waals surface area (Å²) < 4.78 is 12.7. The standard InChI is InChI=1S/C9H15FN2O/c10-7-3-8(11-5-7)9(13)12-4-6-1-2-6/h6-8,11H,1-5H2,(H,12,13)/t7-,8+/m1/s1. The minimum atomic E-state index is -0.850. The Bertz CT molecular complexity index is 206. The van der Waals surface area contributed by atoms with E-state index < -0.39 is 6.17 Å². The molecule has 74 valence electrons. The summed E-state index contributed by atoms with van der Waals surface area (Å²) in [5.41, 5.74) is 0. The van der Waals surface area contributed by atoms with Crippen LogP contribution in [-0.4, -0.2) is 31.2 Å². The van der Waals surface area contributed by atoms with Gasteiger partial charge in [0.2, 0.25) is 5.91 Å². The highest BCUT2D eigenvalue weighted by Gasteiger charge is 2.30. The summed E-state index contributed by atoms with van der Waals surface area (Å²) in [6.07, 6.45) is 1.93. The zero-order chi connectivity index (χ0) is 9.26. The molecule has 13 heavy (non-hydrogen) atoms. The summed E-state index contributed by atoms with van der Waals surface area (Å²) in [5, 5.41) is 5.70. The van der Waals surface area contributed by atoms with Gasteiger partial charge in [-0.3, -0.25) is 4.79 Å². The van der Waals surface area contributed by atoms with Gasteiger partial charge >= 0.3 is 0 Å². The maximum atomic E-state index is 12.7. The maximum Gasteiger partial charge on any atom is 0.237 e. The lowest BCUT2D eigenvalue weighted by Crippen LogP contribution is -2.41. The summed E-state index contributed by atoms with van der Waals surface area (Å²) in [6, 6.07) is -0.297. The number of carbonyl (C=O) groups is 1. The predicted octanol–water partition coefficient (Wildman–Crippen LogP) is 0.213. The Morgan fingerprint density at radius 1 is 1.54 bits per heavy atom.